The monoisotopic (exact) mass is 267 g/mol. The minimum atomic E-state index is -0.393. The van der Waals surface area contributed by atoms with Crippen molar-refractivity contribution in [3.05, 3.63) is 52.6 Å². The van der Waals surface area contributed by atoms with E-state index in [0.717, 1.165) is 11.3 Å². The first-order chi connectivity index (χ1) is 8.60. The SMILES string of the molecule is CNC(Cc1ccn(C)n1)c1ccc(Cl)c(F)c1. The van der Waals surface area contributed by atoms with Gasteiger partial charge >= 0.3 is 0 Å². The lowest BCUT2D eigenvalue weighted by Gasteiger charge is -2.15. The molecule has 5 heteroatoms. The Morgan fingerprint density at radius 3 is 2.78 bits per heavy atom. The summed E-state index contributed by atoms with van der Waals surface area (Å²) in [5.74, 6) is -0.393. The van der Waals surface area contributed by atoms with Crippen molar-refractivity contribution >= 4 is 11.6 Å². The standard InChI is InChI=1S/C13H15ClFN3/c1-16-13(8-10-5-6-18(2)17-10)9-3-4-11(14)12(15)7-9/h3-7,13,16H,8H2,1-2H3. The molecule has 0 aliphatic carbocycles. The van der Waals surface area contributed by atoms with Gasteiger partial charge in [-0.1, -0.05) is 17.7 Å². The number of aromatic nitrogens is 2. The number of rotatable bonds is 4. The first-order valence-corrected chi connectivity index (χ1v) is 6.08. The normalized spacial score (nSPS) is 12.7. The number of hydrogen-bond acceptors (Lipinski definition) is 2. The molecule has 1 unspecified atom stereocenters. The van der Waals surface area contributed by atoms with E-state index in [4.69, 9.17) is 11.6 Å². The maximum absolute atomic E-state index is 13.4. The highest BCUT2D eigenvalue weighted by Crippen LogP contribution is 2.22. The number of hydrogen-bond donors (Lipinski definition) is 1. The highest BCUT2D eigenvalue weighted by atomic mass is 35.5. The molecule has 0 amide bonds. The lowest BCUT2D eigenvalue weighted by molar-refractivity contribution is 0.566. The molecule has 0 aliphatic heterocycles. The lowest BCUT2D eigenvalue weighted by Crippen LogP contribution is -2.19. The summed E-state index contributed by atoms with van der Waals surface area (Å²) in [5.41, 5.74) is 1.83. The van der Waals surface area contributed by atoms with Gasteiger partial charge in [-0.2, -0.15) is 5.10 Å². The van der Waals surface area contributed by atoms with Crippen LogP contribution in [0.5, 0.6) is 0 Å². The van der Waals surface area contributed by atoms with Gasteiger partial charge in [0, 0.05) is 25.7 Å². The fraction of sp³-hybridized carbons (Fsp3) is 0.308. The molecular formula is C13H15ClFN3. The van der Waals surface area contributed by atoms with E-state index in [2.05, 4.69) is 10.4 Å². The van der Waals surface area contributed by atoms with Crippen molar-refractivity contribution in [1.82, 2.24) is 15.1 Å². The first-order valence-electron chi connectivity index (χ1n) is 5.71. The largest absolute Gasteiger partial charge is 0.313 e. The topological polar surface area (TPSA) is 29.9 Å². The van der Waals surface area contributed by atoms with Gasteiger partial charge in [0.05, 0.1) is 10.7 Å². The van der Waals surface area contributed by atoms with Crippen LogP contribution < -0.4 is 5.32 Å². The zero-order valence-electron chi connectivity index (χ0n) is 10.3. The molecular weight excluding hydrogens is 253 g/mol. The molecule has 96 valence electrons. The number of halogens is 2. The second kappa shape index (κ2) is 5.50. The van der Waals surface area contributed by atoms with Gasteiger partial charge < -0.3 is 5.32 Å². The second-order valence-electron chi connectivity index (χ2n) is 4.20. The third-order valence-electron chi connectivity index (χ3n) is 2.88. The Balaban J connectivity index is 2.19. The average molecular weight is 268 g/mol. The summed E-state index contributed by atoms with van der Waals surface area (Å²) in [6.45, 7) is 0. The molecule has 0 radical (unpaired) electrons. The molecule has 2 rings (SSSR count). The quantitative estimate of drug-likeness (QED) is 0.923. The second-order valence-corrected chi connectivity index (χ2v) is 4.61. The maximum atomic E-state index is 13.4. The van der Waals surface area contributed by atoms with Crippen LogP contribution >= 0.6 is 11.6 Å². The molecule has 18 heavy (non-hydrogen) atoms. The zero-order valence-corrected chi connectivity index (χ0v) is 11.1. The Hall–Kier alpha value is -1.39. The molecule has 1 aromatic carbocycles. The van der Waals surface area contributed by atoms with Crippen molar-refractivity contribution in [3.63, 3.8) is 0 Å². The van der Waals surface area contributed by atoms with Crippen LogP contribution in [0.25, 0.3) is 0 Å². The Bertz CT molecular complexity index is 539. The van der Waals surface area contributed by atoms with Crippen LogP contribution in [0.15, 0.2) is 30.5 Å². The van der Waals surface area contributed by atoms with Crippen LogP contribution in [0.4, 0.5) is 4.39 Å². The maximum Gasteiger partial charge on any atom is 0.142 e. The number of nitrogens with one attached hydrogen (secondary N) is 1. The van der Waals surface area contributed by atoms with Crippen molar-refractivity contribution in [2.75, 3.05) is 7.05 Å². The Morgan fingerprint density at radius 2 is 2.22 bits per heavy atom. The first kappa shape index (κ1) is 13.1. The number of nitrogens with zero attached hydrogens (tertiary/aromatic N) is 2. The fourth-order valence-corrected chi connectivity index (χ4v) is 2.01. The molecule has 1 atom stereocenters. The number of benzene rings is 1. The zero-order chi connectivity index (χ0) is 13.1. The van der Waals surface area contributed by atoms with Crippen LogP contribution in [0.3, 0.4) is 0 Å². The van der Waals surface area contributed by atoms with Gasteiger partial charge in [0.25, 0.3) is 0 Å². The number of aryl methyl sites for hydroxylation is 1. The lowest BCUT2D eigenvalue weighted by atomic mass is 10.0. The van der Waals surface area contributed by atoms with E-state index in [0.29, 0.717) is 6.42 Å². The van der Waals surface area contributed by atoms with Gasteiger partial charge in [0.15, 0.2) is 0 Å². The fourth-order valence-electron chi connectivity index (χ4n) is 1.90. The van der Waals surface area contributed by atoms with E-state index < -0.39 is 5.82 Å². The van der Waals surface area contributed by atoms with Crippen LogP contribution in [-0.4, -0.2) is 16.8 Å². The van der Waals surface area contributed by atoms with E-state index in [-0.39, 0.29) is 11.1 Å². The van der Waals surface area contributed by atoms with E-state index in [1.165, 1.54) is 6.07 Å². The molecule has 1 heterocycles. The third kappa shape index (κ3) is 2.89. The summed E-state index contributed by atoms with van der Waals surface area (Å²) in [6.07, 6.45) is 2.60. The van der Waals surface area contributed by atoms with Gasteiger partial charge in [0.2, 0.25) is 0 Å². The summed E-state index contributed by atoms with van der Waals surface area (Å²) in [6, 6.07) is 6.85. The predicted molar refractivity (Wildman–Crippen MR) is 70.1 cm³/mol. The molecule has 1 aromatic heterocycles. The molecule has 0 saturated heterocycles. The van der Waals surface area contributed by atoms with Crippen LogP contribution in [0, 0.1) is 5.82 Å². The van der Waals surface area contributed by atoms with E-state index >= 15 is 0 Å². The minimum Gasteiger partial charge on any atom is -0.313 e. The molecule has 0 saturated carbocycles. The minimum absolute atomic E-state index is 0.0201. The Labute approximate surface area is 111 Å². The van der Waals surface area contributed by atoms with E-state index in [1.54, 1.807) is 10.7 Å². The van der Waals surface area contributed by atoms with Crippen LogP contribution in [-0.2, 0) is 13.5 Å². The summed E-state index contributed by atoms with van der Waals surface area (Å²) >= 11 is 5.68. The van der Waals surface area contributed by atoms with E-state index in [1.807, 2.05) is 32.4 Å². The average Bonchev–Trinajstić information content (AvgIpc) is 2.75. The summed E-state index contributed by atoms with van der Waals surface area (Å²) < 4.78 is 15.2. The van der Waals surface area contributed by atoms with Crippen molar-refractivity contribution < 1.29 is 4.39 Å². The van der Waals surface area contributed by atoms with Crippen LogP contribution in [0.1, 0.15) is 17.3 Å². The van der Waals surface area contributed by atoms with Crippen molar-refractivity contribution in [2.45, 2.75) is 12.5 Å². The molecule has 0 fully saturated rings. The van der Waals surface area contributed by atoms with Gasteiger partial charge in [-0.05, 0) is 30.8 Å². The number of likely N-dealkylation sites (N-methyl/N-ethyl adjacent to an activating group) is 1. The van der Waals surface area contributed by atoms with Gasteiger partial charge in [0.1, 0.15) is 5.82 Å². The highest BCUT2D eigenvalue weighted by molar-refractivity contribution is 6.30. The van der Waals surface area contributed by atoms with Gasteiger partial charge in [-0.15, -0.1) is 0 Å². The Morgan fingerprint density at radius 1 is 1.44 bits per heavy atom. The summed E-state index contributed by atoms with van der Waals surface area (Å²) in [5, 5.41) is 7.63. The highest BCUT2D eigenvalue weighted by Gasteiger charge is 2.13. The smallest absolute Gasteiger partial charge is 0.142 e. The predicted octanol–water partition coefficient (Wildman–Crippen LogP) is 2.72. The molecule has 0 bridgehead atoms. The van der Waals surface area contributed by atoms with E-state index in [9.17, 15) is 4.39 Å². The molecule has 0 aliphatic rings. The van der Waals surface area contributed by atoms with Crippen molar-refractivity contribution in [2.24, 2.45) is 7.05 Å². The molecule has 3 nitrogen and oxygen atoms in total. The Kier molecular flexibility index (Phi) is 3.99. The van der Waals surface area contributed by atoms with Crippen molar-refractivity contribution in [3.8, 4) is 0 Å². The van der Waals surface area contributed by atoms with Gasteiger partial charge in [-0.3, -0.25) is 4.68 Å². The summed E-state index contributed by atoms with van der Waals surface area (Å²) in [4.78, 5) is 0. The summed E-state index contributed by atoms with van der Waals surface area (Å²) in [7, 11) is 3.72. The molecule has 1 N–H and O–H groups in total. The van der Waals surface area contributed by atoms with Crippen LogP contribution in [0.2, 0.25) is 5.02 Å². The van der Waals surface area contributed by atoms with Gasteiger partial charge in [-0.25, -0.2) is 4.39 Å². The van der Waals surface area contributed by atoms with Crippen molar-refractivity contribution in [1.29, 1.82) is 0 Å². The molecule has 2 aromatic rings. The molecule has 0 spiro atoms. The third-order valence-corrected chi connectivity index (χ3v) is 3.18.